The summed E-state index contributed by atoms with van der Waals surface area (Å²) in [6, 6.07) is 3.88. The van der Waals surface area contributed by atoms with E-state index in [0.717, 1.165) is 11.3 Å². The zero-order valence-electron chi connectivity index (χ0n) is 8.34. The maximum atomic E-state index is 11.6. The van der Waals surface area contributed by atoms with Crippen LogP contribution in [0.5, 0.6) is 0 Å². The fourth-order valence-electron chi connectivity index (χ4n) is 1.02. The molecule has 78 valence electrons. The maximum Gasteiger partial charge on any atom is 0.261 e. The van der Waals surface area contributed by atoms with Gasteiger partial charge in [-0.15, -0.1) is 22.9 Å². The van der Waals surface area contributed by atoms with Crippen LogP contribution in [0, 0.1) is 0 Å². The molecule has 0 fully saturated rings. The third-order valence-corrected chi connectivity index (χ3v) is 3.53. The summed E-state index contributed by atoms with van der Waals surface area (Å²) in [6.45, 7) is 3.97. The average molecular weight is 232 g/mol. The maximum absolute atomic E-state index is 11.6. The van der Waals surface area contributed by atoms with E-state index >= 15 is 0 Å². The van der Waals surface area contributed by atoms with Crippen molar-refractivity contribution in [1.29, 1.82) is 0 Å². The SMILES string of the molecule is CCc1ccc(C(=O)NC(C)CCl)s1. The summed E-state index contributed by atoms with van der Waals surface area (Å²) in [6.07, 6.45) is 0.975. The van der Waals surface area contributed by atoms with E-state index in [2.05, 4.69) is 12.2 Å². The normalized spacial score (nSPS) is 12.5. The van der Waals surface area contributed by atoms with E-state index in [1.165, 1.54) is 16.2 Å². The number of thiophene rings is 1. The van der Waals surface area contributed by atoms with Gasteiger partial charge in [0.25, 0.3) is 5.91 Å². The van der Waals surface area contributed by atoms with Crippen molar-refractivity contribution in [2.24, 2.45) is 0 Å². The summed E-state index contributed by atoms with van der Waals surface area (Å²) in [5.41, 5.74) is 0. The van der Waals surface area contributed by atoms with E-state index in [0.29, 0.717) is 5.88 Å². The van der Waals surface area contributed by atoms with Crippen LogP contribution in [0.4, 0.5) is 0 Å². The molecule has 1 aromatic rings. The molecule has 1 heterocycles. The smallest absolute Gasteiger partial charge is 0.261 e. The number of hydrogen-bond donors (Lipinski definition) is 1. The third kappa shape index (κ3) is 3.00. The van der Waals surface area contributed by atoms with Gasteiger partial charge in [-0.3, -0.25) is 4.79 Å². The molecule has 0 saturated heterocycles. The van der Waals surface area contributed by atoms with E-state index in [9.17, 15) is 4.79 Å². The molecular formula is C10H14ClNOS. The molecule has 1 aromatic heterocycles. The number of aryl methyl sites for hydroxylation is 1. The zero-order valence-corrected chi connectivity index (χ0v) is 9.91. The lowest BCUT2D eigenvalue weighted by molar-refractivity contribution is 0.0947. The van der Waals surface area contributed by atoms with Crippen LogP contribution in [0.15, 0.2) is 12.1 Å². The Morgan fingerprint density at radius 2 is 2.36 bits per heavy atom. The van der Waals surface area contributed by atoms with Crippen LogP contribution in [0.2, 0.25) is 0 Å². The standard InChI is InChI=1S/C10H14ClNOS/c1-3-8-4-5-9(14-8)10(13)12-7(2)6-11/h4-5,7H,3,6H2,1-2H3,(H,12,13). The summed E-state index contributed by atoms with van der Waals surface area (Å²) in [5, 5.41) is 2.82. The van der Waals surface area contributed by atoms with Crippen molar-refractivity contribution in [3.8, 4) is 0 Å². The second-order valence-corrected chi connectivity index (χ2v) is 4.63. The highest BCUT2D eigenvalue weighted by atomic mass is 35.5. The van der Waals surface area contributed by atoms with Crippen LogP contribution in [0.1, 0.15) is 28.4 Å². The van der Waals surface area contributed by atoms with Crippen LogP contribution in [0.25, 0.3) is 0 Å². The van der Waals surface area contributed by atoms with Gasteiger partial charge in [0.05, 0.1) is 4.88 Å². The number of hydrogen-bond acceptors (Lipinski definition) is 2. The van der Waals surface area contributed by atoms with Crippen molar-refractivity contribution in [1.82, 2.24) is 5.32 Å². The number of carbonyl (C=O) groups is 1. The highest BCUT2D eigenvalue weighted by Gasteiger charge is 2.10. The molecule has 1 rings (SSSR count). The van der Waals surface area contributed by atoms with Crippen molar-refractivity contribution in [2.75, 3.05) is 5.88 Å². The first-order chi connectivity index (χ1) is 6.67. The molecule has 1 amide bonds. The predicted molar refractivity (Wildman–Crippen MR) is 61.3 cm³/mol. The van der Waals surface area contributed by atoms with Gasteiger partial charge in [-0.25, -0.2) is 0 Å². The Hall–Kier alpha value is -0.540. The first kappa shape index (κ1) is 11.5. The summed E-state index contributed by atoms with van der Waals surface area (Å²) < 4.78 is 0. The zero-order chi connectivity index (χ0) is 10.6. The molecule has 0 aliphatic carbocycles. The molecule has 0 bridgehead atoms. The summed E-state index contributed by atoms with van der Waals surface area (Å²) in [5.74, 6) is 0.417. The van der Waals surface area contributed by atoms with Gasteiger partial charge in [0.2, 0.25) is 0 Å². The van der Waals surface area contributed by atoms with Gasteiger partial charge in [-0.05, 0) is 25.5 Å². The van der Waals surface area contributed by atoms with Crippen molar-refractivity contribution in [3.63, 3.8) is 0 Å². The minimum Gasteiger partial charge on any atom is -0.348 e. The molecule has 1 N–H and O–H groups in total. The fourth-order valence-corrected chi connectivity index (χ4v) is 1.95. The molecule has 4 heteroatoms. The number of amides is 1. The van der Waals surface area contributed by atoms with Gasteiger partial charge in [0.15, 0.2) is 0 Å². The highest BCUT2D eigenvalue weighted by Crippen LogP contribution is 2.16. The Balaban J connectivity index is 2.60. The van der Waals surface area contributed by atoms with Crippen molar-refractivity contribution in [3.05, 3.63) is 21.9 Å². The van der Waals surface area contributed by atoms with Gasteiger partial charge in [0, 0.05) is 16.8 Å². The Bertz CT molecular complexity index is 311. The largest absolute Gasteiger partial charge is 0.348 e. The van der Waals surface area contributed by atoms with Crippen molar-refractivity contribution in [2.45, 2.75) is 26.3 Å². The Kier molecular flexibility index (Phi) is 4.42. The van der Waals surface area contributed by atoms with Gasteiger partial charge >= 0.3 is 0 Å². The average Bonchev–Trinajstić information content (AvgIpc) is 2.65. The third-order valence-electron chi connectivity index (χ3n) is 1.84. The molecule has 1 unspecified atom stereocenters. The monoisotopic (exact) mass is 231 g/mol. The molecule has 14 heavy (non-hydrogen) atoms. The van der Waals surface area contributed by atoms with Crippen molar-refractivity contribution >= 4 is 28.8 Å². The molecule has 0 saturated carbocycles. The van der Waals surface area contributed by atoms with Gasteiger partial charge < -0.3 is 5.32 Å². The van der Waals surface area contributed by atoms with Gasteiger partial charge in [-0.2, -0.15) is 0 Å². The second-order valence-electron chi connectivity index (χ2n) is 3.15. The number of rotatable bonds is 4. The van der Waals surface area contributed by atoms with Gasteiger partial charge in [0.1, 0.15) is 0 Å². The lowest BCUT2D eigenvalue weighted by Gasteiger charge is -2.08. The first-order valence-electron chi connectivity index (χ1n) is 4.63. The predicted octanol–water partition coefficient (Wildman–Crippen LogP) is 2.67. The van der Waals surface area contributed by atoms with Crippen LogP contribution in [-0.2, 0) is 6.42 Å². The van der Waals surface area contributed by atoms with E-state index in [1.54, 1.807) is 0 Å². The highest BCUT2D eigenvalue weighted by molar-refractivity contribution is 7.14. The lowest BCUT2D eigenvalue weighted by Crippen LogP contribution is -2.33. The molecule has 1 atom stereocenters. The minimum absolute atomic E-state index is 0.0244. The minimum atomic E-state index is -0.0251. The van der Waals surface area contributed by atoms with E-state index < -0.39 is 0 Å². The van der Waals surface area contributed by atoms with Crippen LogP contribution in [-0.4, -0.2) is 17.8 Å². The fraction of sp³-hybridized carbons (Fsp3) is 0.500. The molecule has 0 spiro atoms. The van der Waals surface area contributed by atoms with Gasteiger partial charge in [-0.1, -0.05) is 6.92 Å². The van der Waals surface area contributed by atoms with Crippen molar-refractivity contribution < 1.29 is 4.79 Å². The Morgan fingerprint density at radius 1 is 1.64 bits per heavy atom. The molecule has 0 radical (unpaired) electrons. The first-order valence-corrected chi connectivity index (χ1v) is 5.98. The lowest BCUT2D eigenvalue weighted by atomic mass is 10.3. The van der Waals surface area contributed by atoms with E-state index in [4.69, 9.17) is 11.6 Å². The summed E-state index contributed by atoms with van der Waals surface area (Å²) in [7, 11) is 0. The molecule has 0 aromatic carbocycles. The summed E-state index contributed by atoms with van der Waals surface area (Å²) in [4.78, 5) is 13.6. The number of halogens is 1. The van der Waals surface area contributed by atoms with Crippen LogP contribution >= 0.6 is 22.9 Å². The molecule has 0 aliphatic rings. The van der Waals surface area contributed by atoms with E-state index in [-0.39, 0.29) is 11.9 Å². The quantitative estimate of drug-likeness (QED) is 0.794. The Morgan fingerprint density at radius 3 is 2.86 bits per heavy atom. The number of alkyl halides is 1. The molecular weight excluding hydrogens is 218 g/mol. The molecule has 2 nitrogen and oxygen atoms in total. The number of carbonyl (C=O) groups excluding carboxylic acids is 1. The van der Waals surface area contributed by atoms with Crippen LogP contribution < -0.4 is 5.32 Å². The van der Waals surface area contributed by atoms with E-state index in [1.807, 2.05) is 19.1 Å². The summed E-state index contributed by atoms with van der Waals surface area (Å²) >= 11 is 7.14. The number of nitrogens with one attached hydrogen (secondary N) is 1. The van der Waals surface area contributed by atoms with Crippen LogP contribution in [0.3, 0.4) is 0 Å². The topological polar surface area (TPSA) is 29.1 Å². The second kappa shape index (κ2) is 5.37. The molecule has 0 aliphatic heterocycles. The Labute approximate surface area is 93.3 Å².